The molecule has 294 valence electrons. The predicted molar refractivity (Wildman–Crippen MR) is 209 cm³/mol. The topological polar surface area (TPSA) is 102 Å². The molecule has 0 bridgehead atoms. The highest BCUT2D eigenvalue weighted by Crippen LogP contribution is 2.77. The van der Waals surface area contributed by atoms with E-state index in [4.69, 9.17) is 21.1 Å². The van der Waals surface area contributed by atoms with Crippen molar-refractivity contribution in [3.63, 3.8) is 0 Å². The fourth-order valence-corrected chi connectivity index (χ4v) is 13.5. The number of ether oxygens (including phenoxy) is 2. The number of ketones is 1. The van der Waals surface area contributed by atoms with Gasteiger partial charge in [0.15, 0.2) is 5.78 Å². The van der Waals surface area contributed by atoms with Gasteiger partial charge in [-0.15, -0.1) is 0 Å². The second-order valence-corrected chi connectivity index (χ2v) is 20.5. The van der Waals surface area contributed by atoms with Crippen LogP contribution in [0.1, 0.15) is 132 Å². The molecule has 0 amide bonds. The van der Waals surface area contributed by atoms with E-state index in [2.05, 4.69) is 65.9 Å². The summed E-state index contributed by atoms with van der Waals surface area (Å²) < 4.78 is 12.6. The minimum Gasteiger partial charge on any atom is -0.481 e. The quantitative estimate of drug-likeness (QED) is 0.217. The van der Waals surface area contributed by atoms with Crippen LogP contribution in [0.25, 0.3) is 0 Å². The Morgan fingerprint density at radius 3 is 2.25 bits per heavy atom. The minimum absolute atomic E-state index is 0.0401. The number of nitrogens with one attached hydrogen (secondary N) is 1. The maximum atomic E-state index is 14.2. The van der Waals surface area contributed by atoms with Crippen LogP contribution >= 0.6 is 11.6 Å². The summed E-state index contributed by atoms with van der Waals surface area (Å²) >= 11 is 6.15. The number of carbonyl (C=O) groups is 3. The Morgan fingerprint density at radius 2 is 1.62 bits per heavy atom. The molecule has 1 aromatic rings. The van der Waals surface area contributed by atoms with E-state index >= 15 is 0 Å². The van der Waals surface area contributed by atoms with Crippen LogP contribution in [0, 0.1) is 56.2 Å². The molecule has 53 heavy (non-hydrogen) atoms. The van der Waals surface area contributed by atoms with Crippen molar-refractivity contribution in [1.82, 2.24) is 5.32 Å². The van der Waals surface area contributed by atoms with Crippen molar-refractivity contribution in [2.45, 2.75) is 145 Å². The number of hydrogen-bond acceptors (Lipinski definition) is 6. The molecule has 5 aliphatic carbocycles. The lowest BCUT2D eigenvalue weighted by atomic mass is 9.33. The molecule has 4 fully saturated rings. The molecule has 6 rings (SSSR count). The third-order valence-corrected chi connectivity index (χ3v) is 16.6. The molecule has 1 aromatic carbocycles. The minimum atomic E-state index is -1.16. The van der Waals surface area contributed by atoms with Gasteiger partial charge in [0.25, 0.3) is 0 Å². The SMILES string of the molecule is CO[C@@H](CNCc1ccc(Cl)cc1)C12CC[C@]3(C)[C@H](CC[C@@H]4[C@@]5(C)CC[C@H](OC(=O)CC(C)(C)C(=O)O)C(C)(C)[C@@H]5CC[C@]43C)C1=C(C(C)C)C(=O)C2. The molecular formula is C45H66ClNO6. The maximum Gasteiger partial charge on any atom is 0.309 e. The van der Waals surface area contributed by atoms with Crippen molar-refractivity contribution in [2.75, 3.05) is 13.7 Å². The standard InChI is InChI=1S/C45H66ClNO6/c1-27(2)37-31(48)23-45(35(52-10)26-47-25-28-11-13-29(46)14-12-28)22-21-43(8)30(38(37)45)15-16-33-42(7)19-18-34(53-36(49)24-40(3,4)39(50)51)41(5,6)32(42)17-20-44(33,43)9/h11-14,27,30,32-35,47H,15-26H2,1-10H3,(H,50,51)/t30-,32+,33-,34+,35+,42+,43-,44-,45?/m1/s1. The van der Waals surface area contributed by atoms with Crippen molar-refractivity contribution in [3.8, 4) is 0 Å². The summed E-state index contributed by atoms with van der Waals surface area (Å²) in [4.78, 5) is 39.1. The summed E-state index contributed by atoms with van der Waals surface area (Å²) in [5.41, 5.74) is 2.21. The van der Waals surface area contributed by atoms with E-state index in [1.54, 1.807) is 13.8 Å². The average molecular weight is 752 g/mol. The van der Waals surface area contributed by atoms with E-state index in [1.807, 2.05) is 19.2 Å². The second kappa shape index (κ2) is 14.1. The normalized spacial score (nSPS) is 37.0. The first-order valence-electron chi connectivity index (χ1n) is 20.4. The molecule has 2 N–H and O–H groups in total. The summed E-state index contributed by atoms with van der Waals surface area (Å²) in [6.45, 7) is 21.3. The van der Waals surface area contributed by atoms with Gasteiger partial charge in [-0.05, 0) is 128 Å². The average Bonchev–Trinajstić information content (AvgIpc) is 3.38. The Balaban J connectivity index is 1.27. The summed E-state index contributed by atoms with van der Waals surface area (Å²) in [6, 6.07) is 7.97. The number of fused-ring (bicyclic) bond motifs is 7. The maximum absolute atomic E-state index is 14.2. The fourth-order valence-electron chi connectivity index (χ4n) is 13.4. The first kappa shape index (κ1) is 40.4. The molecule has 4 saturated carbocycles. The molecule has 8 heteroatoms. The molecule has 1 unspecified atom stereocenters. The summed E-state index contributed by atoms with van der Waals surface area (Å²) in [6.07, 6.45) is 8.30. The van der Waals surface area contributed by atoms with E-state index in [-0.39, 0.29) is 51.6 Å². The largest absolute Gasteiger partial charge is 0.481 e. The van der Waals surface area contributed by atoms with E-state index in [9.17, 15) is 19.5 Å². The Morgan fingerprint density at radius 1 is 0.943 bits per heavy atom. The molecule has 0 aromatic heterocycles. The van der Waals surface area contributed by atoms with Gasteiger partial charge >= 0.3 is 11.9 Å². The fraction of sp³-hybridized carbons (Fsp3) is 0.756. The number of esters is 1. The van der Waals surface area contributed by atoms with Crippen LogP contribution < -0.4 is 5.32 Å². The van der Waals surface area contributed by atoms with Crippen LogP contribution in [0.2, 0.25) is 5.02 Å². The van der Waals surface area contributed by atoms with Crippen molar-refractivity contribution in [3.05, 3.63) is 46.0 Å². The lowest BCUT2D eigenvalue weighted by Gasteiger charge is -2.72. The van der Waals surface area contributed by atoms with Gasteiger partial charge in [0, 0.05) is 42.5 Å². The van der Waals surface area contributed by atoms with Crippen LogP contribution in [0.15, 0.2) is 35.4 Å². The van der Waals surface area contributed by atoms with Gasteiger partial charge in [0.2, 0.25) is 0 Å². The molecule has 9 atom stereocenters. The highest BCUT2D eigenvalue weighted by atomic mass is 35.5. The van der Waals surface area contributed by atoms with Crippen LogP contribution in [0.3, 0.4) is 0 Å². The number of carboxylic acid groups (broad SMARTS) is 1. The van der Waals surface area contributed by atoms with Crippen LogP contribution in [0.4, 0.5) is 0 Å². The van der Waals surface area contributed by atoms with Crippen molar-refractivity contribution in [2.24, 2.45) is 56.2 Å². The number of methoxy groups -OCH3 is 1. The van der Waals surface area contributed by atoms with Gasteiger partial charge in [-0.25, -0.2) is 0 Å². The van der Waals surface area contributed by atoms with Crippen molar-refractivity contribution < 1.29 is 29.0 Å². The molecule has 0 heterocycles. The monoisotopic (exact) mass is 751 g/mol. The van der Waals surface area contributed by atoms with Crippen LogP contribution in [0.5, 0.6) is 0 Å². The van der Waals surface area contributed by atoms with Gasteiger partial charge in [0.05, 0.1) is 17.9 Å². The van der Waals surface area contributed by atoms with E-state index < -0.39 is 17.4 Å². The third-order valence-electron chi connectivity index (χ3n) is 16.3. The first-order valence-corrected chi connectivity index (χ1v) is 20.7. The molecule has 0 radical (unpaired) electrons. The van der Waals surface area contributed by atoms with E-state index in [0.717, 1.165) is 62.0 Å². The third kappa shape index (κ3) is 6.45. The lowest BCUT2D eigenvalue weighted by molar-refractivity contribution is -0.235. The zero-order valence-corrected chi connectivity index (χ0v) is 34.9. The van der Waals surface area contributed by atoms with Gasteiger partial charge in [-0.3, -0.25) is 14.4 Å². The molecule has 5 aliphatic rings. The zero-order valence-electron chi connectivity index (χ0n) is 34.1. The summed E-state index contributed by atoms with van der Waals surface area (Å²) in [5, 5.41) is 14.0. The van der Waals surface area contributed by atoms with Crippen LogP contribution in [-0.2, 0) is 30.4 Å². The first-order chi connectivity index (χ1) is 24.7. The van der Waals surface area contributed by atoms with Gasteiger partial charge in [-0.2, -0.15) is 0 Å². The summed E-state index contributed by atoms with van der Waals surface area (Å²) in [5.74, 6) is 0.332. The predicted octanol–water partition coefficient (Wildman–Crippen LogP) is 9.84. The number of hydrogen-bond donors (Lipinski definition) is 2. The number of carbonyl (C=O) groups excluding carboxylic acids is 2. The van der Waals surface area contributed by atoms with Crippen molar-refractivity contribution in [1.29, 1.82) is 0 Å². The molecule has 0 spiro atoms. The number of allylic oxidation sites excluding steroid dienone is 1. The number of halogens is 1. The van der Waals surface area contributed by atoms with E-state index in [1.165, 1.54) is 11.1 Å². The van der Waals surface area contributed by atoms with E-state index in [0.29, 0.717) is 43.0 Å². The van der Waals surface area contributed by atoms with Gasteiger partial charge in [0.1, 0.15) is 6.10 Å². The smallest absolute Gasteiger partial charge is 0.309 e. The molecule has 0 saturated heterocycles. The highest BCUT2D eigenvalue weighted by Gasteiger charge is 2.71. The Hall–Kier alpha value is -2.22. The molecular weight excluding hydrogens is 686 g/mol. The number of carboxylic acids is 1. The number of rotatable bonds is 11. The van der Waals surface area contributed by atoms with Crippen LogP contribution in [-0.4, -0.2) is 48.7 Å². The lowest BCUT2D eigenvalue weighted by Crippen LogP contribution is -2.66. The van der Waals surface area contributed by atoms with Gasteiger partial charge < -0.3 is 19.9 Å². The summed E-state index contributed by atoms with van der Waals surface area (Å²) in [7, 11) is 1.83. The molecule has 7 nitrogen and oxygen atoms in total. The number of benzene rings is 1. The number of aliphatic carboxylic acids is 1. The van der Waals surface area contributed by atoms with Crippen molar-refractivity contribution >= 4 is 29.3 Å². The second-order valence-electron chi connectivity index (χ2n) is 20.0. The van der Waals surface area contributed by atoms with Gasteiger partial charge in [-0.1, -0.05) is 77.8 Å². The Kier molecular flexibility index (Phi) is 10.7. The Labute approximate surface area is 323 Å². The Bertz CT molecular complexity index is 1630. The zero-order chi connectivity index (χ0) is 38.9. The highest BCUT2D eigenvalue weighted by molar-refractivity contribution is 6.30. The molecule has 0 aliphatic heterocycles. The number of Topliss-reactive ketones (excluding diaryl/α,β-unsaturated/α-hetero) is 1.